The second kappa shape index (κ2) is 9.56. The van der Waals surface area contributed by atoms with Gasteiger partial charge in [-0.3, -0.25) is 4.79 Å². The predicted octanol–water partition coefficient (Wildman–Crippen LogP) is 3.97. The third-order valence-electron chi connectivity index (χ3n) is 5.23. The number of nitrogens with zero attached hydrogens (tertiary/aromatic N) is 1. The molecule has 1 heterocycles. The van der Waals surface area contributed by atoms with Crippen LogP contribution >= 0.6 is 0 Å². The van der Waals surface area contributed by atoms with Crippen LogP contribution in [0.15, 0.2) is 54.6 Å². The molecule has 1 N–H and O–H groups in total. The van der Waals surface area contributed by atoms with Crippen molar-refractivity contribution in [1.82, 2.24) is 10.2 Å². The van der Waals surface area contributed by atoms with Crippen molar-refractivity contribution in [3.8, 4) is 16.9 Å². The number of rotatable bonds is 7. The normalized spacial score (nSPS) is 16.1. The van der Waals surface area contributed by atoms with Crippen molar-refractivity contribution in [1.29, 1.82) is 0 Å². The van der Waals surface area contributed by atoms with E-state index in [-0.39, 0.29) is 5.91 Å². The quantitative estimate of drug-likeness (QED) is 0.806. The summed E-state index contributed by atoms with van der Waals surface area (Å²) >= 11 is 0. The molecule has 4 nitrogen and oxygen atoms in total. The molecule has 0 radical (unpaired) electrons. The Balaban J connectivity index is 1.51. The van der Waals surface area contributed by atoms with E-state index >= 15 is 0 Å². The first-order chi connectivity index (χ1) is 13.2. The zero-order valence-corrected chi connectivity index (χ0v) is 16.4. The van der Waals surface area contributed by atoms with Crippen molar-refractivity contribution >= 4 is 5.91 Å². The van der Waals surface area contributed by atoms with E-state index in [4.69, 9.17) is 4.74 Å². The van der Waals surface area contributed by atoms with E-state index in [2.05, 4.69) is 24.4 Å². The molecule has 2 aromatic rings. The van der Waals surface area contributed by atoms with Crippen LogP contribution in [-0.2, 0) is 4.79 Å². The lowest BCUT2D eigenvalue weighted by Gasteiger charge is -2.33. The molecule has 0 aliphatic carbocycles. The number of carbonyl (C=O) groups is 1. The molecule has 1 aliphatic heterocycles. The van der Waals surface area contributed by atoms with E-state index in [0.717, 1.165) is 50.3 Å². The predicted molar refractivity (Wildman–Crippen MR) is 110 cm³/mol. The van der Waals surface area contributed by atoms with E-state index in [1.807, 2.05) is 54.3 Å². The van der Waals surface area contributed by atoms with Crippen LogP contribution in [0, 0.1) is 5.92 Å². The maximum atomic E-state index is 12.7. The number of likely N-dealkylation sites (tertiary alicyclic amines) is 1. The fourth-order valence-electron chi connectivity index (χ4n) is 3.57. The van der Waals surface area contributed by atoms with Gasteiger partial charge in [0, 0.05) is 13.1 Å². The minimum absolute atomic E-state index is 0.0871. The molecule has 1 unspecified atom stereocenters. The van der Waals surface area contributed by atoms with Crippen molar-refractivity contribution < 1.29 is 9.53 Å². The summed E-state index contributed by atoms with van der Waals surface area (Å²) in [5, 5.41) is 3.41. The number of benzene rings is 2. The van der Waals surface area contributed by atoms with Gasteiger partial charge in [0.1, 0.15) is 5.75 Å². The van der Waals surface area contributed by atoms with Gasteiger partial charge in [-0.1, -0.05) is 49.4 Å². The molecule has 1 amide bonds. The van der Waals surface area contributed by atoms with Crippen LogP contribution in [0.1, 0.15) is 26.7 Å². The van der Waals surface area contributed by atoms with E-state index < -0.39 is 6.10 Å². The zero-order chi connectivity index (χ0) is 19.1. The summed E-state index contributed by atoms with van der Waals surface area (Å²) in [7, 11) is 0. The van der Waals surface area contributed by atoms with Gasteiger partial charge < -0.3 is 15.0 Å². The average Bonchev–Trinajstić information content (AvgIpc) is 2.73. The smallest absolute Gasteiger partial charge is 0.263 e. The molecule has 1 saturated heterocycles. The molecule has 4 heteroatoms. The first kappa shape index (κ1) is 19.4. The highest BCUT2D eigenvalue weighted by atomic mass is 16.5. The van der Waals surface area contributed by atoms with Crippen molar-refractivity contribution in [3.63, 3.8) is 0 Å². The second-order valence-corrected chi connectivity index (χ2v) is 7.23. The summed E-state index contributed by atoms with van der Waals surface area (Å²) in [6, 6.07) is 18.2. The molecule has 1 atom stereocenters. The molecule has 2 aromatic carbocycles. The van der Waals surface area contributed by atoms with E-state index in [1.165, 1.54) is 5.56 Å². The van der Waals surface area contributed by atoms with Gasteiger partial charge >= 0.3 is 0 Å². The van der Waals surface area contributed by atoms with Crippen LogP contribution in [0.3, 0.4) is 0 Å². The lowest BCUT2D eigenvalue weighted by Crippen LogP contribution is -2.45. The number of carbonyl (C=O) groups excluding carboxylic acids is 1. The fourth-order valence-corrected chi connectivity index (χ4v) is 3.57. The molecule has 3 rings (SSSR count). The number of hydrogen-bond donors (Lipinski definition) is 1. The first-order valence-corrected chi connectivity index (χ1v) is 9.99. The largest absolute Gasteiger partial charge is 0.481 e. The Morgan fingerprint density at radius 3 is 2.33 bits per heavy atom. The van der Waals surface area contributed by atoms with Crippen LogP contribution in [0.4, 0.5) is 0 Å². The molecule has 0 spiro atoms. The van der Waals surface area contributed by atoms with E-state index in [9.17, 15) is 4.79 Å². The van der Waals surface area contributed by atoms with Crippen molar-refractivity contribution in [2.75, 3.05) is 26.2 Å². The Bertz CT molecular complexity index is 707. The highest BCUT2D eigenvalue weighted by Gasteiger charge is 2.26. The monoisotopic (exact) mass is 366 g/mol. The van der Waals surface area contributed by atoms with Crippen molar-refractivity contribution in [2.24, 2.45) is 5.92 Å². The maximum Gasteiger partial charge on any atom is 0.263 e. The maximum absolute atomic E-state index is 12.7. The third kappa shape index (κ3) is 5.33. The highest BCUT2D eigenvalue weighted by molar-refractivity contribution is 5.81. The Hall–Kier alpha value is -2.33. The molecule has 1 fully saturated rings. The SMILES string of the molecule is CCNCC1CCN(C(=O)C(C)Oc2ccc(-c3ccccc3)cc2)CC1. The van der Waals surface area contributed by atoms with Gasteiger partial charge in [-0.2, -0.15) is 0 Å². The Kier molecular flexibility index (Phi) is 6.88. The van der Waals surface area contributed by atoms with Crippen molar-refractivity contribution in [2.45, 2.75) is 32.8 Å². The number of hydrogen-bond acceptors (Lipinski definition) is 3. The molecule has 27 heavy (non-hydrogen) atoms. The van der Waals surface area contributed by atoms with Crippen LogP contribution in [-0.4, -0.2) is 43.1 Å². The number of ether oxygens (including phenoxy) is 1. The van der Waals surface area contributed by atoms with E-state index in [1.54, 1.807) is 0 Å². The number of piperidine rings is 1. The summed E-state index contributed by atoms with van der Waals surface area (Å²) in [5.41, 5.74) is 2.32. The highest BCUT2D eigenvalue weighted by Crippen LogP contribution is 2.23. The summed E-state index contributed by atoms with van der Waals surface area (Å²) in [6.07, 6.45) is 1.67. The summed E-state index contributed by atoms with van der Waals surface area (Å²) in [5.74, 6) is 1.50. The van der Waals surface area contributed by atoms with Crippen molar-refractivity contribution in [3.05, 3.63) is 54.6 Å². The first-order valence-electron chi connectivity index (χ1n) is 9.99. The average molecular weight is 367 g/mol. The molecule has 0 saturated carbocycles. The zero-order valence-electron chi connectivity index (χ0n) is 16.4. The molecule has 0 aromatic heterocycles. The molecular formula is C23H30N2O2. The van der Waals surface area contributed by atoms with Crippen LogP contribution < -0.4 is 10.1 Å². The minimum atomic E-state index is -0.460. The Morgan fingerprint density at radius 2 is 1.70 bits per heavy atom. The number of amides is 1. The molecule has 0 bridgehead atoms. The Morgan fingerprint density at radius 1 is 1.07 bits per heavy atom. The van der Waals surface area contributed by atoms with Gasteiger partial charge in [0.25, 0.3) is 5.91 Å². The molecular weight excluding hydrogens is 336 g/mol. The van der Waals surface area contributed by atoms with Crippen LogP contribution in [0.5, 0.6) is 5.75 Å². The second-order valence-electron chi connectivity index (χ2n) is 7.23. The number of nitrogens with one attached hydrogen (secondary N) is 1. The van der Waals surface area contributed by atoms with Gasteiger partial charge in [-0.15, -0.1) is 0 Å². The summed E-state index contributed by atoms with van der Waals surface area (Å²) in [4.78, 5) is 14.6. The molecule has 1 aliphatic rings. The van der Waals surface area contributed by atoms with Gasteiger partial charge in [-0.25, -0.2) is 0 Å². The lowest BCUT2D eigenvalue weighted by molar-refractivity contribution is -0.139. The fraction of sp³-hybridized carbons (Fsp3) is 0.435. The van der Waals surface area contributed by atoms with Gasteiger partial charge in [-0.05, 0) is 62.0 Å². The Labute approximate surface area is 162 Å². The van der Waals surface area contributed by atoms with Crippen LogP contribution in [0.25, 0.3) is 11.1 Å². The third-order valence-corrected chi connectivity index (χ3v) is 5.23. The van der Waals surface area contributed by atoms with E-state index in [0.29, 0.717) is 5.92 Å². The molecule has 144 valence electrons. The van der Waals surface area contributed by atoms with Crippen LogP contribution in [0.2, 0.25) is 0 Å². The summed E-state index contributed by atoms with van der Waals surface area (Å²) < 4.78 is 5.91. The lowest BCUT2D eigenvalue weighted by atomic mass is 9.96. The van der Waals surface area contributed by atoms with Gasteiger partial charge in [0.05, 0.1) is 0 Å². The van der Waals surface area contributed by atoms with Gasteiger partial charge in [0.2, 0.25) is 0 Å². The topological polar surface area (TPSA) is 41.6 Å². The summed E-state index contributed by atoms with van der Waals surface area (Å²) in [6.45, 7) is 7.69. The standard InChI is InChI=1S/C23H30N2O2/c1-3-24-17-19-13-15-25(16-14-19)23(26)18(2)27-22-11-9-21(10-12-22)20-7-5-4-6-8-20/h4-12,18-19,24H,3,13-17H2,1-2H3. The van der Waals surface area contributed by atoms with Gasteiger partial charge in [0.15, 0.2) is 6.10 Å². The minimum Gasteiger partial charge on any atom is -0.481 e.